The van der Waals surface area contributed by atoms with E-state index in [1.807, 2.05) is 11.7 Å². The molecule has 0 bridgehead atoms. The normalized spacial score (nSPS) is 11.4. The van der Waals surface area contributed by atoms with E-state index >= 15 is 0 Å². The zero-order valence-electron chi connectivity index (χ0n) is 17.1. The minimum Gasteiger partial charge on any atom is -0.377 e. The predicted octanol–water partition coefficient (Wildman–Crippen LogP) is 4.80. The van der Waals surface area contributed by atoms with Crippen molar-refractivity contribution >= 4 is 38.3 Å². The highest BCUT2D eigenvalue weighted by Gasteiger charge is 2.22. The third-order valence-corrected chi connectivity index (χ3v) is 5.65. The van der Waals surface area contributed by atoms with E-state index in [1.165, 1.54) is 32.8 Å². The van der Waals surface area contributed by atoms with Crippen molar-refractivity contribution < 1.29 is 4.68 Å². The van der Waals surface area contributed by atoms with E-state index in [1.54, 1.807) is 0 Å². The van der Waals surface area contributed by atoms with Crippen molar-refractivity contribution in [2.45, 2.75) is 6.92 Å². The standard InChI is InChI=1S/C25H23N4/c1-16-19-11-7-8-12-20(19)24(28(2)3)15-21(16)25-26-22-13-17-9-5-6-10-18(17)14-23(22)27-29(25)4/h5-15H,1-4H3/q+1. The van der Waals surface area contributed by atoms with Gasteiger partial charge in [-0.15, -0.1) is 4.68 Å². The lowest BCUT2D eigenvalue weighted by Gasteiger charge is -2.18. The predicted molar refractivity (Wildman–Crippen MR) is 120 cm³/mol. The number of aromatic nitrogens is 3. The molecular weight excluding hydrogens is 356 g/mol. The van der Waals surface area contributed by atoms with Crippen molar-refractivity contribution in [2.24, 2.45) is 7.05 Å². The van der Waals surface area contributed by atoms with Gasteiger partial charge in [0, 0.05) is 25.2 Å². The van der Waals surface area contributed by atoms with Crippen molar-refractivity contribution in [3.8, 4) is 11.4 Å². The summed E-state index contributed by atoms with van der Waals surface area (Å²) in [5.41, 5.74) is 5.33. The largest absolute Gasteiger partial charge is 0.377 e. The fourth-order valence-corrected chi connectivity index (χ4v) is 4.12. The molecule has 0 spiro atoms. The van der Waals surface area contributed by atoms with Gasteiger partial charge >= 0.3 is 5.82 Å². The van der Waals surface area contributed by atoms with Crippen molar-refractivity contribution in [1.82, 2.24) is 10.1 Å². The van der Waals surface area contributed by atoms with Crippen LogP contribution in [0.1, 0.15) is 5.56 Å². The summed E-state index contributed by atoms with van der Waals surface area (Å²) in [7, 11) is 6.14. The summed E-state index contributed by atoms with van der Waals surface area (Å²) in [5.74, 6) is 0.874. The van der Waals surface area contributed by atoms with Crippen molar-refractivity contribution in [2.75, 3.05) is 19.0 Å². The molecule has 0 N–H and O–H groups in total. The summed E-state index contributed by atoms with van der Waals surface area (Å²) < 4.78 is 1.90. The van der Waals surface area contributed by atoms with E-state index in [-0.39, 0.29) is 0 Å². The van der Waals surface area contributed by atoms with Gasteiger partial charge in [0.1, 0.15) is 7.05 Å². The highest BCUT2D eigenvalue weighted by molar-refractivity contribution is 6.00. The minimum absolute atomic E-state index is 0.874. The highest BCUT2D eigenvalue weighted by Crippen LogP contribution is 2.35. The summed E-state index contributed by atoms with van der Waals surface area (Å²) in [5, 5.41) is 9.69. The molecule has 5 aromatic rings. The molecule has 1 aromatic heterocycles. The highest BCUT2D eigenvalue weighted by atomic mass is 15.3. The van der Waals surface area contributed by atoms with Gasteiger partial charge in [-0.05, 0) is 51.8 Å². The average molecular weight is 379 g/mol. The van der Waals surface area contributed by atoms with E-state index in [0.29, 0.717) is 0 Å². The van der Waals surface area contributed by atoms with Gasteiger partial charge in [0.25, 0.3) is 0 Å². The molecule has 5 rings (SSSR count). The topological polar surface area (TPSA) is 32.9 Å². The first-order valence-electron chi connectivity index (χ1n) is 9.80. The fraction of sp³-hybridized carbons (Fsp3) is 0.160. The Bertz CT molecular complexity index is 1400. The van der Waals surface area contributed by atoms with Gasteiger partial charge in [0.15, 0.2) is 5.52 Å². The third kappa shape index (κ3) is 2.80. The zero-order chi connectivity index (χ0) is 20.1. The lowest BCUT2D eigenvalue weighted by molar-refractivity contribution is -0.720. The first-order valence-corrected chi connectivity index (χ1v) is 9.80. The molecule has 4 nitrogen and oxygen atoms in total. The number of fused-ring (bicyclic) bond motifs is 3. The molecule has 0 saturated carbocycles. The lowest BCUT2D eigenvalue weighted by atomic mass is 9.97. The number of hydrogen-bond donors (Lipinski definition) is 0. The number of hydrogen-bond acceptors (Lipinski definition) is 3. The summed E-state index contributed by atoms with van der Waals surface area (Å²) in [6, 6.07) is 23.4. The summed E-state index contributed by atoms with van der Waals surface area (Å²) in [6.07, 6.45) is 0. The molecule has 0 fully saturated rings. The maximum atomic E-state index is 5.05. The maximum Gasteiger partial charge on any atom is 0.351 e. The number of rotatable bonds is 2. The van der Waals surface area contributed by atoms with Gasteiger partial charge in [-0.3, -0.25) is 0 Å². The van der Waals surface area contributed by atoms with Crippen LogP contribution in [0.5, 0.6) is 0 Å². The van der Waals surface area contributed by atoms with Gasteiger partial charge in [-0.2, -0.15) is 0 Å². The Morgan fingerprint density at radius 2 is 1.41 bits per heavy atom. The van der Waals surface area contributed by atoms with E-state index in [4.69, 9.17) is 10.1 Å². The maximum absolute atomic E-state index is 5.05. The fourth-order valence-electron chi connectivity index (χ4n) is 4.12. The quantitative estimate of drug-likeness (QED) is 0.326. The van der Waals surface area contributed by atoms with Crippen LogP contribution >= 0.6 is 0 Å². The van der Waals surface area contributed by atoms with Crippen LogP contribution in [-0.2, 0) is 7.05 Å². The number of benzene rings is 4. The summed E-state index contributed by atoms with van der Waals surface area (Å²) in [6.45, 7) is 2.17. The second-order valence-corrected chi connectivity index (χ2v) is 7.76. The molecule has 4 aromatic carbocycles. The second kappa shape index (κ2) is 6.52. The van der Waals surface area contributed by atoms with Crippen LogP contribution in [0.15, 0.2) is 66.7 Å². The molecule has 0 saturated heterocycles. The second-order valence-electron chi connectivity index (χ2n) is 7.76. The van der Waals surface area contributed by atoms with Crippen LogP contribution in [0.25, 0.3) is 44.0 Å². The Kier molecular flexibility index (Phi) is 3.95. The van der Waals surface area contributed by atoms with Crippen molar-refractivity contribution in [3.05, 3.63) is 72.3 Å². The molecule has 0 aliphatic carbocycles. The molecule has 29 heavy (non-hydrogen) atoms. The molecule has 0 aliphatic rings. The SMILES string of the molecule is Cc1c(-c2nc3cc4ccccc4cc3n[n+]2C)cc(N(C)C)c2ccccc12. The molecule has 0 amide bonds. The Morgan fingerprint density at radius 3 is 2.10 bits per heavy atom. The van der Waals surface area contributed by atoms with Gasteiger partial charge in [0.2, 0.25) is 5.52 Å². The molecule has 0 radical (unpaired) electrons. The molecule has 142 valence electrons. The van der Waals surface area contributed by atoms with Gasteiger partial charge in [-0.25, -0.2) is 0 Å². The van der Waals surface area contributed by atoms with Crippen LogP contribution in [0.2, 0.25) is 0 Å². The summed E-state index contributed by atoms with van der Waals surface area (Å²) >= 11 is 0. The Balaban J connectivity index is 1.83. The number of aryl methyl sites for hydroxylation is 2. The van der Waals surface area contributed by atoms with Crippen LogP contribution in [-0.4, -0.2) is 24.2 Å². The van der Waals surface area contributed by atoms with Crippen molar-refractivity contribution in [3.63, 3.8) is 0 Å². The molecule has 4 heteroatoms. The van der Waals surface area contributed by atoms with Gasteiger partial charge in [-0.1, -0.05) is 53.6 Å². The average Bonchev–Trinajstić information content (AvgIpc) is 2.72. The van der Waals surface area contributed by atoms with Gasteiger partial charge < -0.3 is 4.90 Å². The zero-order valence-corrected chi connectivity index (χ0v) is 17.1. The Hall–Kier alpha value is -3.53. The van der Waals surface area contributed by atoms with E-state index in [2.05, 4.69) is 92.6 Å². The van der Waals surface area contributed by atoms with Crippen LogP contribution in [0, 0.1) is 6.92 Å². The van der Waals surface area contributed by atoms with E-state index < -0.39 is 0 Å². The van der Waals surface area contributed by atoms with Crippen molar-refractivity contribution in [1.29, 1.82) is 0 Å². The van der Waals surface area contributed by atoms with Crippen LogP contribution < -0.4 is 9.58 Å². The van der Waals surface area contributed by atoms with E-state index in [0.717, 1.165) is 22.4 Å². The first kappa shape index (κ1) is 17.6. The third-order valence-electron chi connectivity index (χ3n) is 5.65. The van der Waals surface area contributed by atoms with E-state index in [9.17, 15) is 0 Å². The van der Waals surface area contributed by atoms with Gasteiger partial charge in [0.05, 0.1) is 5.56 Å². The minimum atomic E-state index is 0.874. The Labute approximate surface area is 170 Å². The molecule has 0 unspecified atom stereocenters. The first-order chi connectivity index (χ1) is 14.0. The summed E-state index contributed by atoms with van der Waals surface area (Å²) in [4.78, 5) is 7.21. The van der Waals surface area contributed by atoms with Crippen LogP contribution in [0.3, 0.4) is 0 Å². The number of nitrogens with zero attached hydrogens (tertiary/aromatic N) is 4. The molecule has 1 heterocycles. The lowest BCUT2D eigenvalue weighted by Crippen LogP contribution is -2.37. The molecular formula is C25H23N4+. The smallest absolute Gasteiger partial charge is 0.351 e. The molecule has 0 atom stereocenters. The number of anilines is 1. The Morgan fingerprint density at radius 1 is 0.793 bits per heavy atom. The van der Waals surface area contributed by atoms with Crippen LogP contribution in [0.4, 0.5) is 5.69 Å². The monoisotopic (exact) mass is 379 g/mol. The molecule has 0 aliphatic heterocycles.